The maximum absolute atomic E-state index is 8.30. The summed E-state index contributed by atoms with van der Waals surface area (Å²) in [7, 11) is 0. The summed E-state index contributed by atoms with van der Waals surface area (Å²) in [6.45, 7) is 0. The number of rotatable bonds is 0. The zero-order valence-corrected chi connectivity index (χ0v) is 7.36. The molecule has 2 aromatic rings. The molecule has 0 N–H and O–H groups in total. The lowest BCUT2D eigenvalue weighted by atomic mass is 10.1. The van der Waals surface area contributed by atoms with E-state index < -0.39 is 0 Å². The molecule has 2 rings (SSSR count). The number of hydrogen-bond acceptors (Lipinski definition) is 2. The van der Waals surface area contributed by atoms with E-state index in [-0.39, 0.29) is 0 Å². The van der Waals surface area contributed by atoms with Crippen molar-refractivity contribution in [3.63, 3.8) is 0 Å². The van der Waals surface area contributed by atoms with Crippen molar-refractivity contribution in [2.24, 2.45) is 0 Å². The number of benzene rings is 1. The Hall–Kier alpha value is -2.32. The highest BCUT2D eigenvalue weighted by Gasteiger charge is 1.93. The molecule has 0 atom stereocenters. The zero-order valence-electron chi connectivity index (χ0n) is 7.36. The standard InChI is InChI=1S/C12H6N2/c13-7-1-3-10-5-6-11-4-2-8-14-12(11)9-10/h2,4-6,8-9H. The summed E-state index contributed by atoms with van der Waals surface area (Å²) in [5, 5.41) is 9.38. The molecule has 14 heavy (non-hydrogen) atoms. The molecular weight excluding hydrogens is 172 g/mol. The normalized spacial score (nSPS) is 8.79. The molecule has 1 aromatic carbocycles. The number of aromatic nitrogens is 1. The Balaban J connectivity index is 2.58. The van der Waals surface area contributed by atoms with E-state index in [9.17, 15) is 0 Å². The second-order valence-corrected chi connectivity index (χ2v) is 2.77. The van der Waals surface area contributed by atoms with Crippen LogP contribution in [0.3, 0.4) is 0 Å². The summed E-state index contributed by atoms with van der Waals surface area (Å²) >= 11 is 0. The van der Waals surface area contributed by atoms with E-state index in [1.165, 1.54) is 0 Å². The average molecular weight is 178 g/mol. The van der Waals surface area contributed by atoms with Crippen LogP contribution in [-0.2, 0) is 0 Å². The second kappa shape index (κ2) is 3.60. The molecule has 0 aliphatic rings. The van der Waals surface area contributed by atoms with E-state index in [1.54, 1.807) is 12.3 Å². The van der Waals surface area contributed by atoms with Gasteiger partial charge in [-0.2, -0.15) is 5.26 Å². The van der Waals surface area contributed by atoms with Crippen LogP contribution in [0.4, 0.5) is 0 Å². The maximum atomic E-state index is 8.30. The first-order chi connectivity index (χ1) is 6.90. The van der Waals surface area contributed by atoms with Gasteiger partial charge in [-0.15, -0.1) is 0 Å². The fourth-order valence-corrected chi connectivity index (χ4v) is 1.24. The molecule has 0 bridgehead atoms. The van der Waals surface area contributed by atoms with E-state index in [4.69, 9.17) is 5.26 Å². The molecule has 1 heterocycles. The summed E-state index contributed by atoms with van der Waals surface area (Å²) < 4.78 is 0. The predicted octanol–water partition coefficient (Wildman–Crippen LogP) is 2.11. The molecule has 0 radical (unpaired) electrons. The molecule has 0 saturated heterocycles. The largest absolute Gasteiger partial charge is 0.256 e. The van der Waals surface area contributed by atoms with E-state index in [1.807, 2.05) is 30.3 Å². The van der Waals surface area contributed by atoms with Crippen LogP contribution in [-0.4, -0.2) is 4.98 Å². The van der Waals surface area contributed by atoms with Crippen LogP contribution >= 0.6 is 0 Å². The highest BCUT2D eigenvalue weighted by Crippen LogP contribution is 2.11. The van der Waals surface area contributed by atoms with Crippen molar-refractivity contribution in [2.45, 2.75) is 0 Å². The van der Waals surface area contributed by atoms with Gasteiger partial charge in [0.25, 0.3) is 0 Å². The average Bonchev–Trinajstić information content (AvgIpc) is 2.26. The third-order valence-electron chi connectivity index (χ3n) is 1.87. The van der Waals surface area contributed by atoms with Gasteiger partial charge in [0.1, 0.15) is 0 Å². The summed E-state index contributed by atoms with van der Waals surface area (Å²) in [4.78, 5) is 4.20. The van der Waals surface area contributed by atoms with E-state index in [0.717, 1.165) is 16.5 Å². The van der Waals surface area contributed by atoms with Gasteiger partial charge in [0.05, 0.1) is 5.52 Å². The third-order valence-corrected chi connectivity index (χ3v) is 1.87. The van der Waals surface area contributed by atoms with Gasteiger partial charge < -0.3 is 0 Å². The lowest BCUT2D eigenvalue weighted by Gasteiger charge is -1.95. The van der Waals surface area contributed by atoms with Crippen LogP contribution in [0.1, 0.15) is 5.56 Å². The summed E-state index contributed by atoms with van der Waals surface area (Å²) in [6, 6.07) is 11.4. The molecule has 0 fully saturated rings. The monoisotopic (exact) mass is 178 g/mol. The fourth-order valence-electron chi connectivity index (χ4n) is 1.24. The number of fused-ring (bicyclic) bond motifs is 1. The Kier molecular flexibility index (Phi) is 2.13. The quantitative estimate of drug-likeness (QED) is 0.579. The lowest BCUT2D eigenvalue weighted by molar-refractivity contribution is 1.41. The van der Waals surface area contributed by atoms with Crippen molar-refractivity contribution in [2.75, 3.05) is 0 Å². The first kappa shape index (κ1) is 8.29. The number of nitriles is 1. The van der Waals surface area contributed by atoms with Gasteiger partial charge in [0.2, 0.25) is 0 Å². The molecule has 0 unspecified atom stereocenters. The van der Waals surface area contributed by atoms with Gasteiger partial charge in [-0.3, -0.25) is 4.98 Å². The topological polar surface area (TPSA) is 36.7 Å². The Morgan fingerprint density at radius 1 is 1.21 bits per heavy atom. The molecular formula is C12H6N2. The zero-order chi connectivity index (χ0) is 9.80. The van der Waals surface area contributed by atoms with Gasteiger partial charge in [-0.25, -0.2) is 0 Å². The summed E-state index contributed by atoms with van der Waals surface area (Å²) in [5.74, 6) is 5.09. The highest BCUT2D eigenvalue weighted by molar-refractivity contribution is 5.79. The number of nitrogens with zero attached hydrogens (tertiary/aromatic N) is 2. The molecule has 0 amide bonds. The van der Waals surface area contributed by atoms with Crippen molar-refractivity contribution >= 4 is 10.9 Å². The number of hydrogen-bond donors (Lipinski definition) is 0. The van der Waals surface area contributed by atoms with Crippen LogP contribution in [0.5, 0.6) is 0 Å². The molecule has 2 heteroatoms. The molecule has 2 nitrogen and oxygen atoms in total. The van der Waals surface area contributed by atoms with Gasteiger partial charge >= 0.3 is 0 Å². The molecule has 1 aromatic heterocycles. The Labute approximate surface area is 81.8 Å². The SMILES string of the molecule is N#CC#Cc1ccc2cccnc2c1. The first-order valence-electron chi connectivity index (χ1n) is 4.15. The molecule has 0 aliphatic heterocycles. The van der Waals surface area contributed by atoms with Crippen molar-refractivity contribution in [1.82, 2.24) is 4.98 Å². The third kappa shape index (κ3) is 1.55. The smallest absolute Gasteiger partial charge is 0.152 e. The highest BCUT2D eigenvalue weighted by atomic mass is 14.6. The van der Waals surface area contributed by atoms with Gasteiger partial charge in [0, 0.05) is 23.1 Å². The minimum Gasteiger partial charge on any atom is -0.256 e. The van der Waals surface area contributed by atoms with Crippen LogP contribution in [0.15, 0.2) is 36.5 Å². The Bertz CT molecular complexity index is 568. The van der Waals surface area contributed by atoms with Crippen LogP contribution in [0.2, 0.25) is 0 Å². The van der Waals surface area contributed by atoms with Crippen molar-refractivity contribution in [1.29, 1.82) is 5.26 Å². The predicted molar refractivity (Wildman–Crippen MR) is 54.2 cm³/mol. The number of pyridine rings is 1. The molecule has 0 saturated carbocycles. The Morgan fingerprint density at radius 3 is 3.00 bits per heavy atom. The van der Waals surface area contributed by atoms with E-state index in [2.05, 4.69) is 16.8 Å². The Morgan fingerprint density at radius 2 is 2.14 bits per heavy atom. The summed E-state index contributed by atoms with van der Waals surface area (Å²) in [6.07, 6.45) is 1.74. The van der Waals surface area contributed by atoms with Crippen LogP contribution in [0.25, 0.3) is 10.9 Å². The minimum atomic E-state index is 0.817. The van der Waals surface area contributed by atoms with Crippen LogP contribution in [0, 0.1) is 23.2 Å². The second-order valence-electron chi connectivity index (χ2n) is 2.77. The van der Waals surface area contributed by atoms with Crippen LogP contribution < -0.4 is 0 Å². The van der Waals surface area contributed by atoms with E-state index >= 15 is 0 Å². The van der Waals surface area contributed by atoms with E-state index in [0.29, 0.717) is 0 Å². The summed E-state index contributed by atoms with van der Waals surface area (Å²) in [5.41, 5.74) is 1.72. The maximum Gasteiger partial charge on any atom is 0.152 e. The molecule has 64 valence electrons. The first-order valence-corrected chi connectivity index (χ1v) is 4.15. The van der Waals surface area contributed by atoms with Crippen molar-refractivity contribution < 1.29 is 0 Å². The van der Waals surface area contributed by atoms with Gasteiger partial charge in [-0.05, 0) is 18.2 Å². The van der Waals surface area contributed by atoms with Crippen molar-refractivity contribution in [3.8, 4) is 17.9 Å². The molecule has 0 aliphatic carbocycles. The van der Waals surface area contributed by atoms with Gasteiger partial charge in [-0.1, -0.05) is 18.1 Å². The minimum absolute atomic E-state index is 0.817. The van der Waals surface area contributed by atoms with Gasteiger partial charge in [0.15, 0.2) is 6.07 Å². The van der Waals surface area contributed by atoms with Crippen molar-refractivity contribution in [3.05, 3.63) is 42.1 Å². The fraction of sp³-hybridized carbons (Fsp3) is 0. The lowest BCUT2D eigenvalue weighted by Crippen LogP contribution is -1.79. The molecule has 0 spiro atoms.